The van der Waals surface area contributed by atoms with Gasteiger partial charge in [-0.15, -0.1) is 0 Å². The number of aromatic amines is 1. The zero-order valence-corrected chi connectivity index (χ0v) is 15.4. The van der Waals surface area contributed by atoms with Gasteiger partial charge in [0, 0.05) is 22.7 Å². The SMILES string of the molecule is CCCOc1ccc(NC(=O)c2cc3ccc(OCC)cc3[nH]2)c(C)c1. The molecule has 0 aliphatic heterocycles. The maximum absolute atomic E-state index is 12.6. The summed E-state index contributed by atoms with van der Waals surface area (Å²) >= 11 is 0. The van der Waals surface area contributed by atoms with Crippen LogP contribution in [0.5, 0.6) is 11.5 Å². The summed E-state index contributed by atoms with van der Waals surface area (Å²) in [6, 6.07) is 13.3. The highest BCUT2D eigenvalue weighted by Crippen LogP contribution is 2.24. The van der Waals surface area contributed by atoms with Gasteiger partial charge in [0.25, 0.3) is 5.91 Å². The quantitative estimate of drug-likeness (QED) is 0.634. The smallest absolute Gasteiger partial charge is 0.272 e. The summed E-state index contributed by atoms with van der Waals surface area (Å²) in [6.45, 7) is 7.26. The van der Waals surface area contributed by atoms with Crippen LogP contribution in [-0.4, -0.2) is 24.1 Å². The lowest BCUT2D eigenvalue weighted by atomic mass is 10.2. The van der Waals surface area contributed by atoms with Crippen LogP contribution in [0.1, 0.15) is 36.3 Å². The van der Waals surface area contributed by atoms with Crippen molar-refractivity contribution in [3.05, 3.63) is 53.7 Å². The predicted molar refractivity (Wildman–Crippen MR) is 104 cm³/mol. The molecule has 0 aliphatic carbocycles. The van der Waals surface area contributed by atoms with Crippen molar-refractivity contribution >= 4 is 22.5 Å². The summed E-state index contributed by atoms with van der Waals surface area (Å²) in [4.78, 5) is 15.8. The Morgan fingerprint density at radius 1 is 1.04 bits per heavy atom. The van der Waals surface area contributed by atoms with Crippen LogP contribution < -0.4 is 14.8 Å². The third-order valence-corrected chi connectivity index (χ3v) is 4.07. The summed E-state index contributed by atoms with van der Waals surface area (Å²) < 4.78 is 11.1. The first kappa shape index (κ1) is 17.9. The first-order valence-electron chi connectivity index (χ1n) is 8.91. The van der Waals surface area contributed by atoms with E-state index in [-0.39, 0.29) is 5.91 Å². The lowest BCUT2D eigenvalue weighted by molar-refractivity contribution is 0.102. The van der Waals surface area contributed by atoms with Crippen LogP contribution in [0.15, 0.2) is 42.5 Å². The van der Waals surface area contributed by atoms with E-state index in [4.69, 9.17) is 9.47 Å². The molecule has 136 valence electrons. The Bertz CT molecular complexity index is 915. The molecule has 0 saturated carbocycles. The average Bonchev–Trinajstić information content (AvgIpc) is 3.06. The van der Waals surface area contributed by atoms with E-state index < -0.39 is 0 Å². The number of rotatable bonds is 7. The molecule has 5 nitrogen and oxygen atoms in total. The standard InChI is InChI=1S/C21H24N2O3/c1-4-10-26-16-8-9-18(14(3)11-16)23-21(24)20-12-15-6-7-17(25-5-2)13-19(15)22-20/h6-9,11-13,22H,4-5,10H2,1-3H3,(H,23,24). The number of H-pyrrole nitrogens is 1. The van der Waals surface area contributed by atoms with E-state index >= 15 is 0 Å². The fourth-order valence-electron chi connectivity index (χ4n) is 2.76. The van der Waals surface area contributed by atoms with E-state index in [9.17, 15) is 4.79 Å². The van der Waals surface area contributed by atoms with Gasteiger partial charge in [0.1, 0.15) is 17.2 Å². The molecule has 1 aromatic heterocycles. The number of amides is 1. The second-order valence-corrected chi connectivity index (χ2v) is 6.14. The van der Waals surface area contributed by atoms with E-state index in [2.05, 4.69) is 17.2 Å². The molecule has 26 heavy (non-hydrogen) atoms. The zero-order chi connectivity index (χ0) is 18.5. The molecule has 1 amide bonds. The minimum absolute atomic E-state index is 0.176. The first-order valence-corrected chi connectivity index (χ1v) is 8.91. The molecule has 2 aromatic carbocycles. The lowest BCUT2D eigenvalue weighted by Gasteiger charge is -2.10. The molecule has 3 aromatic rings. The van der Waals surface area contributed by atoms with Crippen LogP contribution in [-0.2, 0) is 0 Å². The van der Waals surface area contributed by atoms with Gasteiger partial charge in [-0.05, 0) is 62.2 Å². The largest absolute Gasteiger partial charge is 0.494 e. The van der Waals surface area contributed by atoms with Crippen molar-refractivity contribution in [1.29, 1.82) is 0 Å². The monoisotopic (exact) mass is 352 g/mol. The van der Waals surface area contributed by atoms with Crippen molar-refractivity contribution in [2.75, 3.05) is 18.5 Å². The van der Waals surface area contributed by atoms with Gasteiger partial charge >= 0.3 is 0 Å². The molecular weight excluding hydrogens is 328 g/mol. The number of hydrogen-bond donors (Lipinski definition) is 2. The van der Waals surface area contributed by atoms with Crippen molar-refractivity contribution in [2.24, 2.45) is 0 Å². The summed E-state index contributed by atoms with van der Waals surface area (Å²) in [7, 11) is 0. The van der Waals surface area contributed by atoms with Crippen molar-refractivity contribution in [3.8, 4) is 11.5 Å². The van der Waals surface area contributed by atoms with Gasteiger partial charge in [0.05, 0.1) is 13.2 Å². The normalized spacial score (nSPS) is 10.7. The zero-order valence-electron chi connectivity index (χ0n) is 15.4. The molecule has 0 saturated heterocycles. The van der Waals surface area contributed by atoms with Crippen molar-refractivity contribution in [2.45, 2.75) is 27.2 Å². The number of aromatic nitrogens is 1. The topological polar surface area (TPSA) is 63.4 Å². The predicted octanol–water partition coefficient (Wildman–Crippen LogP) is 4.92. The number of fused-ring (bicyclic) bond motifs is 1. The van der Waals surface area contributed by atoms with Gasteiger partial charge in [0.2, 0.25) is 0 Å². The number of nitrogens with one attached hydrogen (secondary N) is 2. The fourth-order valence-corrected chi connectivity index (χ4v) is 2.76. The fraction of sp³-hybridized carbons (Fsp3) is 0.286. The van der Waals surface area contributed by atoms with Crippen LogP contribution >= 0.6 is 0 Å². The molecule has 1 heterocycles. The lowest BCUT2D eigenvalue weighted by Crippen LogP contribution is -2.13. The van der Waals surface area contributed by atoms with Crippen LogP contribution in [0.4, 0.5) is 5.69 Å². The van der Waals surface area contributed by atoms with Crippen LogP contribution in [0.25, 0.3) is 10.9 Å². The third-order valence-electron chi connectivity index (χ3n) is 4.07. The van der Waals surface area contributed by atoms with Crippen LogP contribution in [0, 0.1) is 6.92 Å². The van der Waals surface area contributed by atoms with Crippen molar-refractivity contribution < 1.29 is 14.3 Å². The molecule has 3 rings (SSSR count). The van der Waals surface area contributed by atoms with Gasteiger partial charge in [0.15, 0.2) is 0 Å². The minimum Gasteiger partial charge on any atom is -0.494 e. The average molecular weight is 352 g/mol. The van der Waals surface area contributed by atoms with Gasteiger partial charge in [-0.3, -0.25) is 4.79 Å². The number of carbonyl (C=O) groups is 1. The number of anilines is 1. The molecule has 0 spiro atoms. The molecule has 0 radical (unpaired) electrons. The van der Waals surface area contributed by atoms with Gasteiger partial charge in [-0.1, -0.05) is 6.92 Å². The number of hydrogen-bond acceptors (Lipinski definition) is 3. The molecule has 0 aliphatic rings. The van der Waals surface area contributed by atoms with E-state index in [1.165, 1.54) is 0 Å². The number of aryl methyl sites for hydroxylation is 1. The first-order chi connectivity index (χ1) is 12.6. The minimum atomic E-state index is -0.176. The molecule has 0 atom stereocenters. The summed E-state index contributed by atoms with van der Waals surface area (Å²) in [5, 5.41) is 3.92. The number of ether oxygens (including phenoxy) is 2. The second kappa shape index (κ2) is 7.95. The Hall–Kier alpha value is -2.95. The Labute approximate surface area is 153 Å². The molecule has 0 fully saturated rings. The third kappa shape index (κ3) is 3.99. The van der Waals surface area contributed by atoms with Crippen molar-refractivity contribution in [3.63, 3.8) is 0 Å². The number of benzene rings is 2. The highest BCUT2D eigenvalue weighted by Gasteiger charge is 2.12. The molecule has 2 N–H and O–H groups in total. The highest BCUT2D eigenvalue weighted by atomic mass is 16.5. The van der Waals surface area contributed by atoms with Crippen LogP contribution in [0.2, 0.25) is 0 Å². The Morgan fingerprint density at radius 3 is 2.54 bits per heavy atom. The molecule has 5 heteroatoms. The van der Waals surface area contributed by atoms with E-state index in [0.717, 1.165) is 40.1 Å². The molecule has 0 unspecified atom stereocenters. The summed E-state index contributed by atoms with van der Waals surface area (Å²) in [5.74, 6) is 1.42. The van der Waals surface area contributed by atoms with Gasteiger partial charge in [-0.2, -0.15) is 0 Å². The van der Waals surface area contributed by atoms with Crippen molar-refractivity contribution in [1.82, 2.24) is 4.98 Å². The number of carbonyl (C=O) groups excluding carboxylic acids is 1. The highest BCUT2D eigenvalue weighted by molar-refractivity contribution is 6.06. The van der Waals surface area contributed by atoms with Gasteiger partial charge < -0.3 is 19.8 Å². The van der Waals surface area contributed by atoms with E-state index in [1.807, 2.05) is 56.3 Å². The van der Waals surface area contributed by atoms with Gasteiger partial charge in [-0.25, -0.2) is 0 Å². The molecular formula is C21H24N2O3. The maximum atomic E-state index is 12.6. The molecule has 0 bridgehead atoms. The van der Waals surface area contributed by atoms with E-state index in [0.29, 0.717) is 18.9 Å². The summed E-state index contributed by atoms with van der Waals surface area (Å²) in [5.41, 5.74) is 3.12. The second-order valence-electron chi connectivity index (χ2n) is 6.14. The van der Waals surface area contributed by atoms with Crippen LogP contribution in [0.3, 0.4) is 0 Å². The Morgan fingerprint density at radius 2 is 1.81 bits per heavy atom. The Kier molecular flexibility index (Phi) is 5.46. The Balaban J connectivity index is 1.76. The maximum Gasteiger partial charge on any atom is 0.272 e. The summed E-state index contributed by atoms with van der Waals surface area (Å²) in [6.07, 6.45) is 0.961. The van der Waals surface area contributed by atoms with E-state index in [1.54, 1.807) is 0 Å².